The summed E-state index contributed by atoms with van der Waals surface area (Å²) in [4.78, 5) is 0. The fourth-order valence-corrected chi connectivity index (χ4v) is 2.09. The van der Waals surface area contributed by atoms with Gasteiger partial charge in [-0.25, -0.2) is 0 Å². The van der Waals surface area contributed by atoms with E-state index < -0.39 is 30.5 Å². The maximum atomic E-state index is 13.5. The van der Waals surface area contributed by atoms with Crippen LogP contribution in [0.25, 0.3) is 0 Å². The Kier molecular flexibility index (Phi) is 6.06. The molecule has 8 heteroatoms. The van der Waals surface area contributed by atoms with E-state index in [1.54, 1.807) is 12.1 Å². The Balaban J connectivity index is 2.98. The lowest BCUT2D eigenvalue weighted by Gasteiger charge is -2.30. The molecule has 0 aliphatic heterocycles. The van der Waals surface area contributed by atoms with Gasteiger partial charge < -0.3 is 4.74 Å². The Bertz CT molecular complexity index is 494. The second-order valence-electron chi connectivity index (χ2n) is 5.20. The molecule has 23 heavy (non-hydrogen) atoms. The monoisotopic (exact) mass is 346 g/mol. The molecular formula is C15H17F7O. The molecule has 0 fully saturated rings. The predicted molar refractivity (Wildman–Crippen MR) is 70.8 cm³/mol. The van der Waals surface area contributed by atoms with E-state index in [4.69, 9.17) is 4.74 Å². The average Bonchev–Trinajstić information content (AvgIpc) is 2.44. The molecule has 1 atom stereocenters. The van der Waals surface area contributed by atoms with Gasteiger partial charge in [-0.2, -0.15) is 30.7 Å². The van der Waals surface area contributed by atoms with Gasteiger partial charge >= 0.3 is 18.0 Å². The third-order valence-electron chi connectivity index (χ3n) is 3.43. The van der Waals surface area contributed by atoms with Crippen molar-refractivity contribution in [2.45, 2.75) is 50.3 Å². The highest BCUT2D eigenvalue weighted by Crippen LogP contribution is 2.50. The van der Waals surface area contributed by atoms with Gasteiger partial charge in [-0.3, -0.25) is 0 Å². The topological polar surface area (TPSA) is 9.23 Å². The average molecular weight is 346 g/mol. The summed E-state index contributed by atoms with van der Waals surface area (Å²) >= 11 is 0. The molecular weight excluding hydrogens is 329 g/mol. The van der Waals surface area contributed by atoms with Crippen LogP contribution in [0, 0.1) is 0 Å². The minimum absolute atomic E-state index is 0.116. The standard InChI is InChI=1S/C15H17F7O/c1-3-4-10-5-7-11(8-6-10)12(23-2)9-13(16,17)14(18,19)15(20,21)22/h5-8,12H,3-4,9H2,1-2H3. The van der Waals surface area contributed by atoms with Crippen LogP contribution in [-0.4, -0.2) is 25.1 Å². The van der Waals surface area contributed by atoms with Crippen molar-refractivity contribution in [1.82, 2.24) is 0 Å². The highest BCUT2D eigenvalue weighted by atomic mass is 19.4. The van der Waals surface area contributed by atoms with Crippen molar-refractivity contribution in [3.8, 4) is 0 Å². The highest BCUT2D eigenvalue weighted by molar-refractivity contribution is 5.25. The SMILES string of the molecule is CCCc1ccc(C(CC(F)(F)C(F)(F)C(F)(F)F)OC)cc1. The predicted octanol–water partition coefficient (Wildman–Crippen LogP) is 5.55. The van der Waals surface area contributed by atoms with Crippen molar-refractivity contribution in [2.24, 2.45) is 0 Å². The maximum Gasteiger partial charge on any atom is 0.459 e. The Labute approximate surface area is 129 Å². The minimum atomic E-state index is -6.33. The number of aryl methyl sites for hydroxylation is 1. The number of benzene rings is 1. The Morgan fingerprint density at radius 1 is 0.957 bits per heavy atom. The van der Waals surface area contributed by atoms with Gasteiger partial charge in [-0.1, -0.05) is 37.6 Å². The van der Waals surface area contributed by atoms with Gasteiger partial charge in [-0.05, 0) is 17.5 Å². The number of hydrogen-bond acceptors (Lipinski definition) is 1. The lowest BCUT2D eigenvalue weighted by molar-refractivity contribution is -0.358. The molecule has 0 heterocycles. The molecule has 1 unspecified atom stereocenters. The first-order chi connectivity index (χ1) is 10.5. The molecule has 0 N–H and O–H groups in total. The summed E-state index contributed by atoms with van der Waals surface area (Å²) in [5.74, 6) is -11.4. The zero-order chi connectivity index (χ0) is 17.9. The van der Waals surface area contributed by atoms with E-state index in [1.165, 1.54) is 12.1 Å². The lowest BCUT2D eigenvalue weighted by Crippen LogP contribution is -2.52. The first-order valence-corrected chi connectivity index (χ1v) is 6.90. The lowest BCUT2D eigenvalue weighted by atomic mass is 9.97. The zero-order valence-electron chi connectivity index (χ0n) is 12.6. The number of alkyl halides is 7. The molecule has 1 aromatic carbocycles. The first-order valence-electron chi connectivity index (χ1n) is 6.90. The van der Waals surface area contributed by atoms with Gasteiger partial charge in [0.05, 0.1) is 6.10 Å². The number of hydrogen-bond donors (Lipinski definition) is 0. The molecule has 0 amide bonds. The van der Waals surface area contributed by atoms with Crippen molar-refractivity contribution in [2.75, 3.05) is 7.11 Å². The van der Waals surface area contributed by atoms with E-state index >= 15 is 0 Å². The van der Waals surface area contributed by atoms with E-state index in [0.717, 1.165) is 25.5 Å². The zero-order valence-corrected chi connectivity index (χ0v) is 12.6. The minimum Gasteiger partial charge on any atom is -0.377 e. The molecule has 0 radical (unpaired) electrons. The van der Waals surface area contributed by atoms with Crippen LogP contribution in [-0.2, 0) is 11.2 Å². The van der Waals surface area contributed by atoms with E-state index in [9.17, 15) is 30.7 Å². The normalized spacial score (nSPS) is 14.8. The van der Waals surface area contributed by atoms with E-state index in [2.05, 4.69) is 0 Å². The number of rotatable bonds is 7. The van der Waals surface area contributed by atoms with Gasteiger partial charge in [-0.15, -0.1) is 0 Å². The smallest absolute Gasteiger partial charge is 0.377 e. The Hall–Kier alpha value is -1.31. The van der Waals surface area contributed by atoms with E-state index in [0.29, 0.717) is 0 Å². The molecule has 1 rings (SSSR count). The molecule has 1 nitrogen and oxygen atoms in total. The van der Waals surface area contributed by atoms with Gasteiger partial charge in [0.25, 0.3) is 0 Å². The molecule has 0 aromatic heterocycles. The van der Waals surface area contributed by atoms with Gasteiger partial charge in [0.1, 0.15) is 0 Å². The summed E-state index contributed by atoms with van der Waals surface area (Å²) in [6, 6.07) is 5.98. The van der Waals surface area contributed by atoms with Gasteiger partial charge in [0, 0.05) is 13.5 Å². The fraction of sp³-hybridized carbons (Fsp3) is 0.600. The molecule has 0 saturated carbocycles. The van der Waals surface area contributed by atoms with Crippen LogP contribution in [0.5, 0.6) is 0 Å². The summed E-state index contributed by atoms with van der Waals surface area (Å²) < 4.78 is 94.0. The van der Waals surface area contributed by atoms with Crippen molar-refractivity contribution in [3.63, 3.8) is 0 Å². The molecule has 0 spiro atoms. The third-order valence-corrected chi connectivity index (χ3v) is 3.43. The van der Waals surface area contributed by atoms with E-state index in [1.807, 2.05) is 6.92 Å². The maximum absolute atomic E-state index is 13.5. The summed E-state index contributed by atoms with van der Waals surface area (Å²) in [6.45, 7) is 1.94. The third kappa shape index (κ3) is 4.37. The first kappa shape index (κ1) is 19.7. The van der Waals surface area contributed by atoms with Crippen LogP contribution in [0.1, 0.15) is 37.0 Å². The van der Waals surface area contributed by atoms with Crippen molar-refractivity contribution >= 4 is 0 Å². The highest BCUT2D eigenvalue weighted by Gasteiger charge is 2.73. The molecule has 132 valence electrons. The number of methoxy groups -OCH3 is 1. The summed E-state index contributed by atoms with van der Waals surface area (Å²) in [5, 5.41) is 0. The van der Waals surface area contributed by atoms with Gasteiger partial charge in [0.2, 0.25) is 0 Å². The summed E-state index contributed by atoms with van der Waals surface area (Å²) in [6.07, 6.45) is -8.10. The van der Waals surface area contributed by atoms with Crippen molar-refractivity contribution in [3.05, 3.63) is 35.4 Å². The van der Waals surface area contributed by atoms with E-state index in [-0.39, 0.29) is 5.56 Å². The van der Waals surface area contributed by atoms with Crippen molar-refractivity contribution < 1.29 is 35.5 Å². The van der Waals surface area contributed by atoms with Gasteiger partial charge in [0.15, 0.2) is 0 Å². The second kappa shape index (κ2) is 7.07. The van der Waals surface area contributed by atoms with Crippen LogP contribution in [0.3, 0.4) is 0 Å². The van der Waals surface area contributed by atoms with Crippen LogP contribution >= 0.6 is 0 Å². The summed E-state index contributed by atoms with van der Waals surface area (Å²) in [5.41, 5.74) is 1.02. The fourth-order valence-electron chi connectivity index (χ4n) is 2.09. The Morgan fingerprint density at radius 3 is 1.87 bits per heavy atom. The second-order valence-corrected chi connectivity index (χ2v) is 5.20. The number of ether oxygens (including phenoxy) is 1. The Morgan fingerprint density at radius 2 is 1.48 bits per heavy atom. The molecule has 0 aliphatic rings. The van der Waals surface area contributed by atoms with Crippen LogP contribution in [0.15, 0.2) is 24.3 Å². The molecule has 0 saturated heterocycles. The molecule has 0 bridgehead atoms. The largest absolute Gasteiger partial charge is 0.459 e. The quantitative estimate of drug-likeness (QED) is 0.588. The summed E-state index contributed by atoms with van der Waals surface area (Å²) in [7, 11) is 0.979. The number of halogens is 7. The molecule has 1 aromatic rings. The van der Waals surface area contributed by atoms with Crippen molar-refractivity contribution in [1.29, 1.82) is 0 Å². The van der Waals surface area contributed by atoms with Crippen LogP contribution in [0.2, 0.25) is 0 Å². The van der Waals surface area contributed by atoms with Crippen LogP contribution in [0.4, 0.5) is 30.7 Å². The van der Waals surface area contributed by atoms with Crippen LogP contribution < -0.4 is 0 Å². The molecule has 0 aliphatic carbocycles.